The number of amides is 1. The maximum Gasteiger partial charge on any atom is 0.475 e. The summed E-state index contributed by atoms with van der Waals surface area (Å²) in [7, 11) is -0.485. The van der Waals surface area contributed by atoms with E-state index in [2.05, 4.69) is 50.2 Å². The van der Waals surface area contributed by atoms with Gasteiger partial charge in [-0.15, -0.1) is 0 Å². The minimum Gasteiger partial charge on any atom is -0.404 e. The summed E-state index contributed by atoms with van der Waals surface area (Å²) in [6.07, 6.45) is 2.39. The molecule has 9 heteroatoms. The molecule has 1 amide bonds. The van der Waals surface area contributed by atoms with Gasteiger partial charge in [-0.1, -0.05) is 64.1 Å². The van der Waals surface area contributed by atoms with Gasteiger partial charge in [0.1, 0.15) is 17.5 Å². The first-order valence-corrected chi connectivity index (χ1v) is 15.0. The van der Waals surface area contributed by atoms with Crippen molar-refractivity contribution in [3.8, 4) is 11.3 Å². The minimum atomic E-state index is -1.57. The summed E-state index contributed by atoms with van der Waals surface area (Å²) in [6.45, 7) is 12.6. The zero-order chi connectivity index (χ0) is 29.6. The SMILES string of the molecule is CC(C)C[C@H](NC[C@](C=O)(NC(=O)c1cccc(-c2ccccc2)n1)[C@@H](C)O)B1O[C@@H]2C[C@@H]3C[C@@H](C3(C)C)[C@]2(C)O1. The van der Waals surface area contributed by atoms with Gasteiger partial charge in [0, 0.05) is 18.0 Å². The first-order chi connectivity index (χ1) is 19.4. The molecule has 1 aliphatic heterocycles. The standard InChI is InChI=1S/C32H44BN3O5/c1-20(2)15-28(33-40-27-17-23-16-26(30(23,4)5)31(27,6)41-33)34-18-32(19-37,21(3)38)36-29(39)25-14-10-13-24(35-25)22-11-8-7-9-12-22/h7-14,19-21,23,26-28,34,38H,15-18H2,1-6H3,(H,36,39)/t21-,23+,26+,27-,28+,31+,32-/m1/s1. The van der Waals surface area contributed by atoms with E-state index in [1.807, 2.05) is 36.4 Å². The van der Waals surface area contributed by atoms with Crippen molar-refractivity contribution in [1.82, 2.24) is 15.6 Å². The summed E-state index contributed by atoms with van der Waals surface area (Å²) in [5.74, 6) is 0.649. The Morgan fingerprint density at radius 2 is 1.88 bits per heavy atom. The zero-order valence-corrected chi connectivity index (χ0v) is 25.1. The molecule has 220 valence electrons. The molecule has 1 aromatic heterocycles. The molecular formula is C32H44BN3O5. The number of aldehydes is 1. The van der Waals surface area contributed by atoms with Crippen molar-refractivity contribution >= 4 is 19.3 Å². The first kappa shape index (κ1) is 29.9. The predicted molar refractivity (Wildman–Crippen MR) is 159 cm³/mol. The smallest absolute Gasteiger partial charge is 0.404 e. The third kappa shape index (κ3) is 5.49. The van der Waals surface area contributed by atoms with E-state index in [-0.39, 0.29) is 35.3 Å². The topological polar surface area (TPSA) is 110 Å². The zero-order valence-electron chi connectivity index (χ0n) is 25.1. The van der Waals surface area contributed by atoms with Crippen LogP contribution in [-0.4, -0.2) is 65.2 Å². The van der Waals surface area contributed by atoms with E-state index in [9.17, 15) is 14.7 Å². The van der Waals surface area contributed by atoms with Crippen molar-refractivity contribution in [1.29, 1.82) is 0 Å². The average molecular weight is 562 g/mol. The van der Waals surface area contributed by atoms with Gasteiger partial charge in [-0.05, 0) is 68.4 Å². The number of aliphatic hydroxyl groups excluding tert-OH is 1. The quantitative estimate of drug-likeness (QED) is 0.280. The van der Waals surface area contributed by atoms with Crippen LogP contribution in [0.2, 0.25) is 0 Å². The van der Waals surface area contributed by atoms with Crippen molar-refractivity contribution in [2.24, 2.45) is 23.2 Å². The number of carbonyl (C=O) groups excluding carboxylic acids is 2. The normalized spacial score (nSPS) is 29.2. The summed E-state index contributed by atoms with van der Waals surface area (Å²) >= 11 is 0. The molecule has 0 spiro atoms. The molecule has 41 heavy (non-hydrogen) atoms. The molecule has 0 unspecified atom stereocenters. The maximum absolute atomic E-state index is 13.4. The number of pyridine rings is 1. The number of nitrogens with one attached hydrogen (secondary N) is 2. The van der Waals surface area contributed by atoms with E-state index in [0.717, 1.165) is 18.4 Å². The molecule has 3 aliphatic carbocycles. The van der Waals surface area contributed by atoms with Crippen LogP contribution in [0.15, 0.2) is 48.5 Å². The lowest BCUT2D eigenvalue weighted by Crippen LogP contribution is -2.65. The molecule has 2 aromatic rings. The summed E-state index contributed by atoms with van der Waals surface area (Å²) in [5.41, 5.74) is 0.000915. The molecule has 4 fully saturated rings. The van der Waals surface area contributed by atoms with Gasteiger partial charge in [-0.2, -0.15) is 0 Å². The van der Waals surface area contributed by atoms with Gasteiger partial charge < -0.3 is 29.8 Å². The summed E-state index contributed by atoms with van der Waals surface area (Å²) in [5, 5.41) is 17.0. The van der Waals surface area contributed by atoms with Gasteiger partial charge in [-0.25, -0.2) is 4.98 Å². The molecule has 0 radical (unpaired) electrons. The number of benzene rings is 1. The average Bonchev–Trinajstić information content (AvgIpc) is 3.31. The van der Waals surface area contributed by atoms with E-state index in [1.165, 1.54) is 13.3 Å². The van der Waals surface area contributed by atoms with Crippen molar-refractivity contribution in [2.45, 2.75) is 90.1 Å². The Labute approximate surface area is 244 Å². The van der Waals surface area contributed by atoms with Crippen molar-refractivity contribution in [2.75, 3.05) is 6.54 Å². The Morgan fingerprint density at radius 1 is 1.15 bits per heavy atom. The lowest BCUT2D eigenvalue weighted by atomic mass is 9.43. The van der Waals surface area contributed by atoms with E-state index in [4.69, 9.17) is 9.31 Å². The molecule has 8 nitrogen and oxygen atoms in total. The number of carbonyl (C=O) groups is 2. The third-order valence-corrected chi connectivity index (χ3v) is 10.0. The fourth-order valence-corrected chi connectivity index (χ4v) is 7.24. The highest BCUT2D eigenvalue weighted by Crippen LogP contribution is 2.65. The largest absolute Gasteiger partial charge is 0.475 e. The minimum absolute atomic E-state index is 0.0117. The second-order valence-electron chi connectivity index (χ2n) is 13.5. The van der Waals surface area contributed by atoms with Crippen LogP contribution in [0, 0.1) is 23.2 Å². The third-order valence-electron chi connectivity index (χ3n) is 10.0. The van der Waals surface area contributed by atoms with Gasteiger partial charge in [0.05, 0.1) is 23.5 Å². The van der Waals surface area contributed by atoms with E-state index >= 15 is 0 Å². The Balaban J connectivity index is 1.32. The maximum atomic E-state index is 13.4. The fraction of sp³-hybridized carbons (Fsp3) is 0.594. The number of hydrogen-bond donors (Lipinski definition) is 3. The van der Waals surface area contributed by atoms with Crippen molar-refractivity contribution in [3.63, 3.8) is 0 Å². The van der Waals surface area contributed by atoms with Gasteiger partial charge in [0.25, 0.3) is 5.91 Å². The van der Waals surface area contributed by atoms with Gasteiger partial charge in [0.15, 0.2) is 0 Å². The van der Waals surface area contributed by atoms with E-state index in [1.54, 1.807) is 12.1 Å². The van der Waals surface area contributed by atoms with Gasteiger partial charge in [-0.3, -0.25) is 4.79 Å². The molecule has 4 aliphatic rings. The lowest BCUT2D eigenvalue weighted by molar-refractivity contribution is -0.199. The van der Waals surface area contributed by atoms with Crippen LogP contribution < -0.4 is 10.6 Å². The summed E-state index contributed by atoms with van der Waals surface area (Å²) in [6, 6.07) is 14.8. The van der Waals surface area contributed by atoms with Crippen LogP contribution in [0.3, 0.4) is 0 Å². The Bertz CT molecular complexity index is 1260. The molecule has 1 saturated heterocycles. The molecular weight excluding hydrogens is 517 g/mol. The molecule has 2 bridgehead atoms. The first-order valence-electron chi connectivity index (χ1n) is 15.0. The summed E-state index contributed by atoms with van der Waals surface area (Å²) < 4.78 is 13.3. The van der Waals surface area contributed by atoms with Crippen LogP contribution in [0.5, 0.6) is 0 Å². The highest BCUT2D eigenvalue weighted by atomic mass is 16.7. The second-order valence-corrected chi connectivity index (χ2v) is 13.5. The van der Waals surface area contributed by atoms with Gasteiger partial charge >= 0.3 is 7.12 Å². The van der Waals surface area contributed by atoms with Crippen LogP contribution in [0.25, 0.3) is 11.3 Å². The molecule has 3 N–H and O–H groups in total. The number of nitrogens with zero attached hydrogens (tertiary/aromatic N) is 1. The van der Waals surface area contributed by atoms with Crippen LogP contribution in [-0.2, 0) is 14.1 Å². The van der Waals surface area contributed by atoms with Gasteiger partial charge in [0.2, 0.25) is 0 Å². The summed E-state index contributed by atoms with van der Waals surface area (Å²) in [4.78, 5) is 30.5. The molecule has 3 saturated carbocycles. The predicted octanol–water partition coefficient (Wildman–Crippen LogP) is 4.07. The number of hydrogen-bond acceptors (Lipinski definition) is 7. The number of rotatable bonds is 11. The Morgan fingerprint density at radius 3 is 2.51 bits per heavy atom. The Kier molecular flexibility index (Phi) is 8.20. The van der Waals surface area contributed by atoms with E-state index < -0.39 is 24.7 Å². The highest BCUT2D eigenvalue weighted by Gasteiger charge is 2.68. The molecule has 1 aromatic carbocycles. The van der Waals surface area contributed by atoms with Crippen molar-refractivity contribution in [3.05, 3.63) is 54.2 Å². The second kappa shape index (κ2) is 11.2. The van der Waals surface area contributed by atoms with Crippen LogP contribution >= 0.6 is 0 Å². The molecule has 2 heterocycles. The number of aliphatic hydroxyl groups is 1. The molecule has 6 rings (SSSR count). The molecule has 7 atom stereocenters. The lowest BCUT2D eigenvalue weighted by Gasteiger charge is -2.64. The number of aromatic nitrogens is 1. The monoisotopic (exact) mass is 561 g/mol. The Hall–Kier alpha value is -2.59. The van der Waals surface area contributed by atoms with Crippen LogP contribution in [0.4, 0.5) is 0 Å². The highest BCUT2D eigenvalue weighted by molar-refractivity contribution is 6.47. The van der Waals surface area contributed by atoms with E-state index in [0.29, 0.717) is 29.7 Å². The van der Waals surface area contributed by atoms with Crippen molar-refractivity contribution < 1.29 is 24.0 Å². The fourth-order valence-electron chi connectivity index (χ4n) is 7.24. The van der Waals surface area contributed by atoms with Crippen LogP contribution in [0.1, 0.15) is 71.3 Å².